The van der Waals surface area contributed by atoms with Gasteiger partial charge in [0.2, 0.25) is 0 Å². The van der Waals surface area contributed by atoms with Gasteiger partial charge in [0, 0.05) is 73.4 Å². The summed E-state index contributed by atoms with van der Waals surface area (Å²) in [7, 11) is 0. The van der Waals surface area contributed by atoms with E-state index in [0.717, 1.165) is 36.1 Å². The highest BCUT2D eigenvalue weighted by molar-refractivity contribution is 5.90. The average Bonchev–Trinajstić information content (AvgIpc) is 3.22. The molecule has 8 nitrogen and oxygen atoms in total. The molecule has 2 aromatic carbocycles. The third kappa shape index (κ3) is 4.40. The van der Waals surface area contributed by atoms with Gasteiger partial charge in [-0.1, -0.05) is 12.1 Å². The molecule has 0 spiro atoms. The molecule has 0 amide bonds. The topological polar surface area (TPSA) is 102 Å². The molecule has 1 fully saturated rings. The Morgan fingerprint density at radius 3 is 2.71 bits per heavy atom. The molecule has 9 heteroatoms. The Kier molecular flexibility index (Phi) is 6.04. The third-order valence-corrected chi connectivity index (χ3v) is 6.37. The summed E-state index contributed by atoms with van der Waals surface area (Å²) in [4.78, 5) is 31.2. The first-order chi connectivity index (χ1) is 16.5. The molecule has 0 radical (unpaired) electrons. The summed E-state index contributed by atoms with van der Waals surface area (Å²) in [5.41, 5.74) is 2.13. The lowest BCUT2D eigenvalue weighted by Crippen LogP contribution is -2.50. The van der Waals surface area contributed by atoms with E-state index >= 15 is 0 Å². The Bertz CT molecular complexity index is 1390. The van der Waals surface area contributed by atoms with E-state index in [1.54, 1.807) is 18.3 Å². The van der Waals surface area contributed by atoms with Gasteiger partial charge < -0.3 is 19.8 Å². The minimum atomic E-state index is -0.921. The summed E-state index contributed by atoms with van der Waals surface area (Å²) in [6.45, 7) is 4.04. The molecule has 3 heterocycles. The zero-order valence-electron chi connectivity index (χ0n) is 18.5. The lowest BCUT2D eigenvalue weighted by molar-refractivity contribution is -0.144. The number of carboxylic acid groups (broad SMARTS) is 1. The van der Waals surface area contributed by atoms with Gasteiger partial charge in [-0.3, -0.25) is 14.6 Å². The van der Waals surface area contributed by atoms with E-state index in [4.69, 9.17) is 4.42 Å². The van der Waals surface area contributed by atoms with E-state index < -0.39 is 17.6 Å². The predicted molar refractivity (Wildman–Crippen MR) is 128 cm³/mol. The second-order valence-corrected chi connectivity index (χ2v) is 8.45. The van der Waals surface area contributed by atoms with Crippen LogP contribution in [0.4, 0.5) is 10.1 Å². The number of fused-ring (bicyclic) bond motifs is 2. The first-order valence-electron chi connectivity index (χ1n) is 11.2. The van der Waals surface area contributed by atoms with Crippen LogP contribution < -0.4 is 10.9 Å². The number of aromatic nitrogens is 1. The van der Waals surface area contributed by atoms with Gasteiger partial charge in [0.25, 0.3) is 0 Å². The third-order valence-electron chi connectivity index (χ3n) is 6.37. The Morgan fingerprint density at radius 2 is 1.91 bits per heavy atom. The van der Waals surface area contributed by atoms with Gasteiger partial charge in [-0.25, -0.2) is 9.18 Å². The van der Waals surface area contributed by atoms with Crippen molar-refractivity contribution in [1.82, 2.24) is 14.8 Å². The van der Waals surface area contributed by atoms with Crippen LogP contribution in [0.2, 0.25) is 0 Å². The molecule has 5 rings (SSSR count). The normalized spacial score (nSPS) is 16.1. The number of para-hydroxylation sites is 1. The molecule has 1 saturated heterocycles. The zero-order valence-corrected chi connectivity index (χ0v) is 18.5. The van der Waals surface area contributed by atoms with Crippen LogP contribution in [0.15, 0.2) is 63.9 Å². The number of aliphatic carboxylic acids is 1. The summed E-state index contributed by atoms with van der Waals surface area (Å²) in [5.74, 6) is -1.28. The van der Waals surface area contributed by atoms with Crippen LogP contribution in [0.3, 0.4) is 0 Å². The van der Waals surface area contributed by atoms with Crippen molar-refractivity contribution in [1.29, 1.82) is 0 Å². The smallest absolute Gasteiger partial charge is 0.338 e. The highest BCUT2D eigenvalue weighted by Gasteiger charge is 2.32. The number of anilines is 1. The maximum absolute atomic E-state index is 13.5. The number of aromatic amines is 1. The number of benzene rings is 2. The Labute approximate surface area is 194 Å². The highest BCUT2D eigenvalue weighted by atomic mass is 19.1. The summed E-state index contributed by atoms with van der Waals surface area (Å²) < 4.78 is 18.8. The molecule has 176 valence electrons. The van der Waals surface area contributed by atoms with Crippen molar-refractivity contribution in [2.24, 2.45) is 0 Å². The van der Waals surface area contributed by atoms with Crippen LogP contribution in [0.5, 0.6) is 0 Å². The van der Waals surface area contributed by atoms with Gasteiger partial charge in [-0.2, -0.15) is 0 Å². The van der Waals surface area contributed by atoms with Crippen molar-refractivity contribution >= 4 is 33.5 Å². The molecule has 0 saturated carbocycles. The van der Waals surface area contributed by atoms with E-state index in [1.165, 1.54) is 18.2 Å². The molecule has 1 aliphatic heterocycles. The number of hydrogen-bond acceptors (Lipinski definition) is 6. The second kappa shape index (κ2) is 9.28. The fourth-order valence-electron chi connectivity index (χ4n) is 4.68. The SMILES string of the molecule is O=C(O)[C@H](c1c[nH]c2cc(F)ccc12)N1CCN(CCNc2cc(=O)oc3ccccc23)CC1. The van der Waals surface area contributed by atoms with Crippen LogP contribution in [0.25, 0.3) is 21.9 Å². The number of nitrogens with one attached hydrogen (secondary N) is 2. The predicted octanol–water partition coefficient (Wildman–Crippen LogP) is 3.27. The largest absolute Gasteiger partial charge is 0.480 e. The van der Waals surface area contributed by atoms with Crippen molar-refractivity contribution in [3.63, 3.8) is 0 Å². The van der Waals surface area contributed by atoms with Crippen LogP contribution >= 0.6 is 0 Å². The van der Waals surface area contributed by atoms with Crippen LogP contribution in [0.1, 0.15) is 11.6 Å². The quantitative estimate of drug-likeness (QED) is 0.361. The Morgan fingerprint density at radius 1 is 1.12 bits per heavy atom. The van der Waals surface area contributed by atoms with Crippen LogP contribution in [-0.4, -0.2) is 65.1 Å². The standard InChI is InChI=1S/C25H25FN4O4/c26-16-5-6-17-19(15-28-20(17)13-16)24(25(32)33)30-11-9-29(10-12-30)8-7-27-21-14-23(31)34-22-4-2-1-3-18(21)22/h1-6,13-15,24,27-28H,7-12H2,(H,32,33)/t24-/m0/s1. The zero-order chi connectivity index (χ0) is 23.7. The second-order valence-electron chi connectivity index (χ2n) is 8.45. The fraction of sp³-hybridized carbons (Fsp3) is 0.280. The molecule has 0 bridgehead atoms. The lowest BCUT2D eigenvalue weighted by atomic mass is 10.0. The Balaban J connectivity index is 1.21. The molecule has 2 aromatic heterocycles. The van der Waals surface area contributed by atoms with E-state index in [9.17, 15) is 19.1 Å². The maximum atomic E-state index is 13.5. The molecule has 1 atom stereocenters. The fourth-order valence-corrected chi connectivity index (χ4v) is 4.68. The number of rotatable bonds is 7. The van der Waals surface area contributed by atoms with E-state index in [0.29, 0.717) is 36.3 Å². The van der Waals surface area contributed by atoms with Gasteiger partial charge >= 0.3 is 11.6 Å². The summed E-state index contributed by atoms with van der Waals surface area (Å²) in [5, 5.41) is 14.9. The summed E-state index contributed by atoms with van der Waals surface area (Å²) in [6, 6.07) is 12.4. The van der Waals surface area contributed by atoms with Crippen LogP contribution in [-0.2, 0) is 4.79 Å². The average molecular weight is 464 g/mol. The summed E-state index contributed by atoms with van der Waals surface area (Å²) >= 11 is 0. The van der Waals surface area contributed by atoms with E-state index in [2.05, 4.69) is 15.2 Å². The molecular weight excluding hydrogens is 439 g/mol. The number of hydrogen-bond donors (Lipinski definition) is 3. The van der Waals surface area contributed by atoms with Crippen molar-refractivity contribution in [3.05, 3.63) is 76.5 Å². The van der Waals surface area contributed by atoms with E-state index in [-0.39, 0.29) is 5.82 Å². The van der Waals surface area contributed by atoms with Gasteiger partial charge in [0.05, 0.1) is 5.69 Å². The number of nitrogens with zero attached hydrogens (tertiary/aromatic N) is 2. The van der Waals surface area contributed by atoms with Crippen molar-refractivity contribution in [2.75, 3.05) is 44.6 Å². The van der Waals surface area contributed by atoms with E-state index in [1.807, 2.05) is 23.1 Å². The van der Waals surface area contributed by atoms with Crippen molar-refractivity contribution < 1.29 is 18.7 Å². The molecule has 1 aliphatic rings. The highest BCUT2D eigenvalue weighted by Crippen LogP contribution is 2.30. The number of halogens is 1. The molecule has 34 heavy (non-hydrogen) atoms. The monoisotopic (exact) mass is 464 g/mol. The molecule has 0 aliphatic carbocycles. The molecular formula is C25H25FN4O4. The van der Waals surface area contributed by atoms with Crippen molar-refractivity contribution in [3.8, 4) is 0 Å². The maximum Gasteiger partial charge on any atom is 0.338 e. The van der Waals surface area contributed by atoms with Crippen molar-refractivity contribution in [2.45, 2.75) is 6.04 Å². The number of carboxylic acids is 1. The van der Waals surface area contributed by atoms with Crippen LogP contribution in [0, 0.1) is 5.82 Å². The molecule has 3 N–H and O–H groups in total. The van der Waals surface area contributed by atoms with Gasteiger partial charge in [-0.05, 0) is 30.3 Å². The Hall–Kier alpha value is -3.69. The minimum Gasteiger partial charge on any atom is -0.480 e. The first kappa shape index (κ1) is 22.1. The first-order valence-corrected chi connectivity index (χ1v) is 11.2. The molecule has 0 unspecified atom stereocenters. The minimum absolute atomic E-state index is 0.362. The number of carbonyl (C=O) groups is 1. The summed E-state index contributed by atoms with van der Waals surface area (Å²) in [6.07, 6.45) is 1.67. The molecule has 4 aromatic rings. The van der Waals surface area contributed by atoms with Gasteiger partial charge in [-0.15, -0.1) is 0 Å². The lowest BCUT2D eigenvalue weighted by Gasteiger charge is -2.37. The number of piperazine rings is 1. The number of H-pyrrole nitrogens is 1. The van der Waals surface area contributed by atoms with Gasteiger partial charge in [0.1, 0.15) is 17.4 Å². The van der Waals surface area contributed by atoms with Gasteiger partial charge in [0.15, 0.2) is 0 Å².